The predicted molar refractivity (Wildman–Crippen MR) is 130 cm³/mol. The Balaban J connectivity index is 1.60. The minimum absolute atomic E-state index is 0.0148. The van der Waals surface area contributed by atoms with E-state index in [1.807, 2.05) is 59.5 Å². The Kier molecular flexibility index (Phi) is 9.54. The molecule has 0 fully saturated rings. The number of rotatable bonds is 13. The summed E-state index contributed by atoms with van der Waals surface area (Å²) in [7, 11) is 0. The van der Waals surface area contributed by atoms with Crippen molar-refractivity contribution in [3.8, 4) is 0 Å². The largest absolute Gasteiger partial charge is 0.389 e. The van der Waals surface area contributed by atoms with E-state index in [0.29, 0.717) is 29.4 Å². The zero-order chi connectivity index (χ0) is 23.5. The Labute approximate surface area is 199 Å². The van der Waals surface area contributed by atoms with E-state index in [1.165, 1.54) is 0 Å². The number of hydrogen-bond acceptors (Lipinski definition) is 6. The van der Waals surface area contributed by atoms with Crippen LogP contribution in [0.15, 0.2) is 67.0 Å². The first kappa shape index (κ1) is 24.6. The zero-order valence-corrected chi connectivity index (χ0v) is 19.2. The summed E-state index contributed by atoms with van der Waals surface area (Å²) in [5.41, 5.74) is 2.11. The van der Waals surface area contributed by atoms with E-state index < -0.39 is 0 Å². The molecule has 2 aromatic carbocycles. The molecule has 0 atom stereocenters. The van der Waals surface area contributed by atoms with Crippen LogP contribution in [0.1, 0.15) is 55.3 Å². The van der Waals surface area contributed by atoms with Crippen LogP contribution >= 0.6 is 11.6 Å². The van der Waals surface area contributed by atoms with E-state index >= 15 is 0 Å². The molecule has 0 saturated carbocycles. The predicted octanol–water partition coefficient (Wildman–Crippen LogP) is 6.07. The lowest BCUT2D eigenvalue weighted by molar-refractivity contribution is -0.121. The molecule has 0 aliphatic rings. The monoisotopic (exact) mass is 465 g/mol. The van der Waals surface area contributed by atoms with Gasteiger partial charge in [-0.05, 0) is 37.1 Å². The van der Waals surface area contributed by atoms with Crippen molar-refractivity contribution in [2.75, 3.05) is 11.5 Å². The maximum atomic E-state index is 12.5. The quantitative estimate of drug-likeness (QED) is 0.243. The van der Waals surface area contributed by atoms with Crippen LogP contribution in [0, 0.1) is 0 Å². The molecule has 0 bridgehead atoms. The van der Waals surface area contributed by atoms with Crippen LogP contribution in [0.3, 0.4) is 0 Å². The fourth-order valence-electron chi connectivity index (χ4n) is 3.51. The lowest BCUT2D eigenvalue weighted by atomic mass is 10.0. The fourth-order valence-corrected chi connectivity index (χ4v) is 3.73. The maximum Gasteiger partial charge on any atom is 0.234 e. The number of para-hydroxylation sites is 2. The molecular weight excluding hydrogens is 438 g/mol. The van der Waals surface area contributed by atoms with E-state index in [2.05, 4.69) is 9.97 Å². The van der Waals surface area contributed by atoms with Gasteiger partial charge in [-0.25, -0.2) is 9.97 Å². The molecule has 0 aliphatic carbocycles. The van der Waals surface area contributed by atoms with E-state index in [-0.39, 0.29) is 18.2 Å². The second kappa shape index (κ2) is 12.8. The molecular formula is C26H28ClN3O3. The molecule has 0 unspecified atom stereocenters. The molecule has 33 heavy (non-hydrogen) atoms. The lowest BCUT2D eigenvalue weighted by Gasteiger charge is -2.23. The molecule has 7 heteroatoms. The molecule has 3 aromatic rings. The van der Waals surface area contributed by atoms with E-state index in [0.717, 1.165) is 43.5 Å². The number of carbonyl (C=O) groups excluding carboxylic acids is 2. The second-order valence-corrected chi connectivity index (χ2v) is 8.19. The van der Waals surface area contributed by atoms with Crippen molar-refractivity contribution in [1.29, 1.82) is 0 Å². The summed E-state index contributed by atoms with van der Waals surface area (Å²) in [4.78, 5) is 34.4. The van der Waals surface area contributed by atoms with Gasteiger partial charge >= 0.3 is 0 Å². The van der Waals surface area contributed by atoms with Gasteiger partial charge in [-0.1, -0.05) is 61.2 Å². The molecule has 0 amide bonds. The number of aromatic nitrogens is 2. The van der Waals surface area contributed by atoms with Crippen LogP contribution < -0.4 is 4.90 Å². The van der Waals surface area contributed by atoms with Crippen LogP contribution in [0.25, 0.3) is 0 Å². The highest BCUT2D eigenvalue weighted by Gasteiger charge is 2.18. The Morgan fingerprint density at radius 3 is 2.09 bits per heavy atom. The topological polar surface area (TPSA) is 83.4 Å². The fraction of sp³-hybridized carbons (Fsp3) is 0.308. The van der Waals surface area contributed by atoms with Gasteiger partial charge in [0.25, 0.3) is 0 Å². The highest BCUT2D eigenvalue weighted by molar-refractivity contribution is 6.33. The summed E-state index contributed by atoms with van der Waals surface area (Å²) in [6, 6.07) is 17.2. The van der Waals surface area contributed by atoms with Crippen LogP contribution in [-0.4, -0.2) is 33.2 Å². The van der Waals surface area contributed by atoms with Crippen molar-refractivity contribution in [1.82, 2.24) is 9.97 Å². The Morgan fingerprint density at radius 2 is 1.42 bits per heavy atom. The van der Waals surface area contributed by atoms with Gasteiger partial charge in [-0.15, -0.1) is 0 Å². The van der Waals surface area contributed by atoms with Gasteiger partial charge in [0.2, 0.25) is 5.95 Å². The first-order valence-corrected chi connectivity index (χ1v) is 11.6. The molecule has 3 rings (SSSR count). The van der Waals surface area contributed by atoms with Crippen molar-refractivity contribution in [2.24, 2.45) is 0 Å². The van der Waals surface area contributed by atoms with Crippen molar-refractivity contribution in [3.63, 3.8) is 0 Å². The number of halogens is 1. The highest BCUT2D eigenvalue weighted by atomic mass is 35.5. The van der Waals surface area contributed by atoms with Crippen LogP contribution in [0.4, 0.5) is 17.3 Å². The third-order valence-corrected chi connectivity index (χ3v) is 5.62. The number of carbonyl (C=O) groups is 2. The highest BCUT2D eigenvalue weighted by Crippen LogP contribution is 2.36. The Hall–Kier alpha value is -3.09. The van der Waals surface area contributed by atoms with Crippen molar-refractivity contribution in [3.05, 3.63) is 77.6 Å². The maximum absolute atomic E-state index is 12.5. The van der Waals surface area contributed by atoms with Gasteiger partial charge in [0.15, 0.2) is 11.6 Å². The Bertz CT molecular complexity index is 1040. The van der Waals surface area contributed by atoms with Crippen LogP contribution in [0.5, 0.6) is 0 Å². The third-order valence-electron chi connectivity index (χ3n) is 5.30. The van der Waals surface area contributed by atoms with Gasteiger partial charge < -0.3 is 5.11 Å². The minimum atomic E-state index is -0.378. The van der Waals surface area contributed by atoms with E-state index in [1.54, 1.807) is 12.4 Å². The van der Waals surface area contributed by atoms with Gasteiger partial charge in [0.1, 0.15) is 6.61 Å². The summed E-state index contributed by atoms with van der Waals surface area (Å²) in [6.45, 7) is -0.378. The first-order chi connectivity index (χ1) is 16.1. The van der Waals surface area contributed by atoms with Gasteiger partial charge in [0.05, 0.1) is 16.3 Å². The smallest absolute Gasteiger partial charge is 0.234 e. The number of hydrogen-bond donors (Lipinski definition) is 1. The molecule has 1 N–H and O–H groups in total. The number of nitrogens with zero attached hydrogens (tertiary/aromatic N) is 3. The molecule has 1 aromatic heterocycles. The number of unbranched alkanes of at least 4 members (excludes halogenated alkanes) is 4. The second-order valence-electron chi connectivity index (χ2n) is 7.78. The van der Waals surface area contributed by atoms with Crippen molar-refractivity contribution < 1.29 is 14.7 Å². The van der Waals surface area contributed by atoms with Crippen LogP contribution in [0.2, 0.25) is 5.02 Å². The molecule has 0 saturated heterocycles. The third kappa shape index (κ3) is 7.20. The average Bonchev–Trinajstić information content (AvgIpc) is 2.85. The molecule has 6 nitrogen and oxygen atoms in total. The van der Waals surface area contributed by atoms with E-state index in [9.17, 15) is 9.59 Å². The summed E-state index contributed by atoms with van der Waals surface area (Å²) in [6.07, 6.45) is 8.37. The Morgan fingerprint density at radius 1 is 0.818 bits per heavy atom. The van der Waals surface area contributed by atoms with Gasteiger partial charge in [0, 0.05) is 30.9 Å². The standard InChI is InChI=1S/C26H28ClN3O3/c27-23-14-9-10-15-24(23)30(21-11-5-4-6-12-21)26-28-17-20(18-29-26)25(33)16-8-3-1-2-7-13-22(32)19-31/h4-6,9-12,14-15,17-18,31H,1-3,7-8,13,16,19H2. The summed E-state index contributed by atoms with van der Waals surface area (Å²) < 4.78 is 0. The van der Waals surface area contributed by atoms with Crippen molar-refractivity contribution in [2.45, 2.75) is 44.9 Å². The van der Waals surface area contributed by atoms with Crippen LogP contribution in [-0.2, 0) is 4.79 Å². The van der Waals surface area contributed by atoms with Gasteiger partial charge in [-0.3, -0.25) is 14.5 Å². The summed E-state index contributed by atoms with van der Waals surface area (Å²) in [5, 5.41) is 9.29. The molecule has 0 radical (unpaired) electrons. The summed E-state index contributed by atoms with van der Waals surface area (Å²) in [5.74, 6) is 0.332. The molecule has 0 spiro atoms. The molecule has 1 heterocycles. The number of anilines is 3. The molecule has 172 valence electrons. The summed E-state index contributed by atoms with van der Waals surface area (Å²) >= 11 is 6.45. The zero-order valence-electron chi connectivity index (χ0n) is 18.5. The van der Waals surface area contributed by atoms with E-state index in [4.69, 9.17) is 16.7 Å². The number of Topliss-reactive ketones (excluding diaryl/α,β-unsaturated/α-hetero) is 2. The number of aliphatic hydroxyl groups is 1. The van der Waals surface area contributed by atoms with Crippen molar-refractivity contribution >= 4 is 40.5 Å². The number of aliphatic hydroxyl groups excluding tert-OH is 1. The first-order valence-electron chi connectivity index (χ1n) is 11.2. The lowest BCUT2D eigenvalue weighted by Crippen LogP contribution is -2.14. The number of benzene rings is 2. The normalized spacial score (nSPS) is 10.7. The SMILES string of the molecule is O=C(CO)CCCCCCCC(=O)c1cnc(N(c2ccccc2)c2ccccc2Cl)nc1. The minimum Gasteiger partial charge on any atom is -0.389 e. The molecule has 0 aliphatic heterocycles. The average molecular weight is 466 g/mol. The number of ketones is 2. The van der Waals surface area contributed by atoms with Gasteiger partial charge in [-0.2, -0.15) is 0 Å².